The third kappa shape index (κ3) is 10.8. The van der Waals surface area contributed by atoms with E-state index in [4.69, 9.17) is 17.2 Å². The number of rotatable bonds is 15. The number of aromatic hydroxyl groups is 1. The number of benzene rings is 1. The number of nitrogens with one attached hydrogen (secondary N) is 3. The van der Waals surface area contributed by atoms with Crippen LogP contribution in [0.2, 0.25) is 0 Å². The number of carbonyl (C=O) groups excluding carboxylic acids is 5. The first-order chi connectivity index (χ1) is 16.8. The Morgan fingerprint density at radius 2 is 1.33 bits per heavy atom. The first-order valence-corrected chi connectivity index (χ1v) is 11.0. The van der Waals surface area contributed by atoms with Crippen molar-refractivity contribution in [2.24, 2.45) is 17.2 Å². The molecule has 0 radical (unpaired) electrons. The van der Waals surface area contributed by atoms with Gasteiger partial charge in [0.05, 0.1) is 6.04 Å². The van der Waals surface area contributed by atoms with E-state index in [9.17, 15) is 39.0 Å². The Kier molecular flexibility index (Phi) is 11.8. The predicted molar refractivity (Wildman–Crippen MR) is 126 cm³/mol. The molecule has 1 aromatic rings. The quantitative estimate of drug-likeness (QED) is 0.123. The molecule has 0 spiro atoms. The van der Waals surface area contributed by atoms with Crippen LogP contribution in [0.25, 0.3) is 0 Å². The first-order valence-electron chi connectivity index (χ1n) is 11.0. The Balaban J connectivity index is 2.92. The number of carboxylic acid groups (broad SMARTS) is 1. The first kappa shape index (κ1) is 29.8. The molecule has 0 bridgehead atoms. The second kappa shape index (κ2) is 14.3. The molecule has 0 aliphatic carbocycles. The van der Waals surface area contributed by atoms with Crippen molar-refractivity contribution in [3.8, 4) is 5.75 Å². The molecule has 0 saturated heterocycles. The topological polar surface area (TPSA) is 257 Å². The normalized spacial score (nSPS) is 13.9. The highest BCUT2D eigenvalue weighted by atomic mass is 16.4. The van der Waals surface area contributed by atoms with Crippen LogP contribution in [0.5, 0.6) is 5.75 Å². The predicted octanol–water partition coefficient (Wildman–Crippen LogP) is -2.65. The fourth-order valence-electron chi connectivity index (χ4n) is 3.00. The number of phenolic OH excluding ortho intramolecular Hbond substituents is 1. The molecule has 4 atom stereocenters. The van der Waals surface area contributed by atoms with Crippen molar-refractivity contribution >= 4 is 35.5 Å². The van der Waals surface area contributed by atoms with Crippen LogP contribution in [0.3, 0.4) is 0 Å². The molecule has 1 rings (SSSR count). The van der Waals surface area contributed by atoms with E-state index in [2.05, 4.69) is 16.0 Å². The number of primary amides is 2. The summed E-state index contributed by atoms with van der Waals surface area (Å²) >= 11 is 0. The van der Waals surface area contributed by atoms with Crippen LogP contribution in [-0.4, -0.2) is 69.9 Å². The number of hydrogen-bond donors (Lipinski definition) is 8. The van der Waals surface area contributed by atoms with Crippen molar-refractivity contribution in [1.29, 1.82) is 0 Å². The number of phenols is 1. The molecule has 5 amide bonds. The summed E-state index contributed by atoms with van der Waals surface area (Å²) in [6.45, 7) is 1.30. The van der Waals surface area contributed by atoms with Gasteiger partial charge in [0.15, 0.2) is 0 Å². The zero-order valence-corrected chi connectivity index (χ0v) is 19.7. The molecule has 4 unspecified atom stereocenters. The van der Waals surface area contributed by atoms with Crippen molar-refractivity contribution in [3.63, 3.8) is 0 Å². The summed E-state index contributed by atoms with van der Waals surface area (Å²) in [6.07, 6.45) is -0.726. The van der Waals surface area contributed by atoms with Crippen molar-refractivity contribution in [2.45, 2.75) is 63.2 Å². The monoisotopic (exact) mass is 508 g/mol. The molecule has 0 aliphatic heterocycles. The Bertz CT molecular complexity index is 968. The minimum absolute atomic E-state index is 0.00752. The van der Waals surface area contributed by atoms with E-state index in [-0.39, 0.29) is 37.9 Å². The molecule has 14 nitrogen and oxygen atoms in total. The van der Waals surface area contributed by atoms with Crippen LogP contribution >= 0.6 is 0 Å². The van der Waals surface area contributed by atoms with Gasteiger partial charge >= 0.3 is 5.97 Å². The van der Waals surface area contributed by atoms with Gasteiger partial charge in [0, 0.05) is 19.3 Å². The number of carbonyl (C=O) groups is 6. The number of aliphatic carboxylic acids is 1. The van der Waals surface area contributed by atoms with E-state index in [0.717, 1.165) is 0 Å². The number of amides is 5. The number of carboxylic acids is 1. The van der Waals surface area contributed by atoms with Gasteiger partial charge in [-0.05, 0) is 37.5 Å². The molecule has 36 heavy (non-hydrogen) atoms. The third-order valence-corrected chi connectivity index (χ3v) is 5.09. The van der Waals surface area contributed by atoms with Crippen LogP contribution in [0.15, 0.2) is 24.3 Å². The van der Waals surface area contributed by atoms with E-state index in [1.165, 1.54) is 31.2 Å². The Hall–Kier alpha value is -4.20. The number of hydrogen-bond acceptors (Lipinski definition) is 8. The largest absolute Gasteiger partial charge is 0.508 e. The van der Waals surface area contributed by atoms with Gasteiger partial charge in [0.2, 0.25) is 29.5 Å². The molecule has 0 aromatic heterocycles. The average molecular weight is 509 g/mol. The summed E-state index contributed by atoms with van der Waals surface area (Å²) in [7, 11) is 0. The van der Waals surface area contributed by atoms with E-state index >= 15 is 0 Å². The molecule has 14 heteroatoms. The van der Waals surface area contributed by atoms with Crippen LogP contribution in [-0.2, 0) is 35.2 Å². The van der Waals surface area contributed by atoms with Gasteiger partial charge < -0.3 is 43.4 Å². The van der Waals surface area contributed by atoms with Crippen LogP contribution in [0.1, 0.15) is 38.2 Å². The van der Waals surface area contributed by atoms with Crippen LogP contribution in [0.4, 0.5) is 0 Å². The van der Waals surface area contributed by atoms with E-state index in [1.54, 1.807) is 0 Å². The van der Waals surface area contributed by atoms with Gasteiger partial charge in [0.1, 0.15) is 23.9 Å². The molecule has 0 fully saturated rings. The van der Waals surface area contributed by atoms with Gasteiger partial charge in [-0.25, -0.2) is 4.79 Å². The zero-order valence-electron chi connectivity index (χ0n) is 19.7. The second-order valence-electron chi connectivity index (χ2n) is 8.18. The lowest BCUT2D eigenvalue weighted by molar-refractivity contribution is -0.142. The van der Waals surface area contributed by atoms with E-state index in [0.29, 0.717) is 5.56 Å². The summed E-state index contributed by atoms with van der Waals surface area (Å²) in [5.41, 5.74) is 16.4. The summed E-state index contributed by atoms with van der Waals surface area (Å²) < 4.78 is 0. The Morgan fingerprint density at radius 1 is 0.806 bits per heavy atom. The minimum atomic E-state index is -1.40. The Morgan fingerprint density at radius 3 is 1.86 bits per heavy atom. The number of nitrogens with two attached hydrogens (primary N) is 3. The fraction of sp³-hybridized carbons (Fsp3) is 0.455. The maximum Gasteiger partial charge on any atom is 0.326 e. The zero-order chi connectivity index (χ0) is 27.4. The van der Waals surface area contributed by atoms with Crippen molar-refractivity contribution < 1.29 is 39.0 Å². The maximum atomic E-state index is 12.9. The van der Waals surface area contributed by atoms with Crippen molar-refractivity contribution in [2.75, 3.05) is 0 Å². The van der Waals surface area contributed by atoms with Gasteiger partial charge in [0.25, 0.3) is 0 Å². The maximum absolute atomic E-state index is 12.9. The fourth-order valence-corrected chi connectivity index (χ4v) is 3.00. The lowest BCUT2D eigenvalue weighted by Crippen LogP contribution is -2.57. The van der Waals surface area contributed by atoms with Crippen LogP contribution in [0, 0.1) is 0 Å². The molecule has 198 valence electrons. The van der Waals surface area contributed by atoms with Crippen molar-refractivity contribution in [3.05, 3.63) is 29.8 Å². The smallest absolute Gasteiger partial charge is 0.326 e. The van der Waals surface area contributed by atoms with Crippen LogP contribution < -0.4 is 33.2 Å². The molecule has 0 saturated carbocycles. The van der Waals surface area contributed by atoms with Gasteiger partial charge in [-0.3, -0.25) is 24.0 Å². The molecule has 0 aliphatic rings. The summed E-state index contributed by atoms with van der Waals surface area (Å²) in [5, 5.41) is 25.8. The summed E-state index contributed by atoms with van der Waals surface area (Å²) in [6, 6.07) is 0.882. The highest BCUT2D eigenvalue weighted by Crippen LogP contribution is 2.12. The molecular weight excluding hydrogens is 476 g/mol. The Labute approximate surface area is 206 Å². The molecule has 0 heterocycles. The highest BCUT2D eigenvalue weighted by Gasteiger charge is 2.28. The lowest BCUT2D eigenvalue weighted by atomic mass is 10.0. The van der Waals surface area contributed by atoms with E-state index < -0.39 is 59.7 Å². The van der Waals surface area contributed by atoms with E-state index in [1.807, 2.05) is 0 Å². The second-order valence-corrected chi connectivity index (χ2v) is 8.18. The molecular formula is C22H32N6O8. The SMILES string of the molecule is CC(NC(=O)C(Cc1ccc(O)cc1)NC(=O)C(N)CCC(N)=O)C(=O)NC(CCC(N)=O)C(=O)O. The average Bonchev–Trinajstić information content (AvgIpc) is 2.80. The van der Waals surface area contributed by atoms with Crippen molar-refractivity contribution in [1.82, 2.24) is 16.0 Å². The summed E-state index contributed by atoms with van der Waals surface area (Å²) in [4.78, 5) is 71.1. The highest BCUT2D eigenvalue weighted by molar-refractivity contribution is 5.94. The third-order valence-electron chi connectivity index (χ3n) is 5.09. The lowest BCUT2D eigenvalue weighted by Gasteiger charge is -2.23. The van der Waals surface area contributed by atoms with Gasteiger partial charge in [-0.2, -0.15) is 0 Å². The minimum Gasteiger partial charge on any atom is -0.508 e. The molecule has 1 aromatic carbocycles. The van der Waals surface area contributed by atoms with Gasteiger partial charge in [-0.1, -0.05) is 12.1 Å². The molecule has 11 N–H and O–H groups in total. The van der Waals surface area contributed by atoms with Gasteiger partial charge in [-0.15, -0.1) is 0 Å². The summed E-state index contributed by atoms with van der Waals surface area (Å²) in [5.74, 6) is -5.12. The standard InChI is InChI=1S/C22H32N6O8/c1-11(19(32)27-15(22(35)36)7-9-18(25)31)26-21(34)16(10-12-2-4-13(29)5-3-12)28-20(33)14(23)6-8-17(24)30/h2-5,11,14-16,29H,6-10,23H2,1H3,(H2,24,30)(H2,25,31)(H,26,34)(H,27,32)(H,28,33)(H,35,36).